The van der Waals surface area contributed by atoms with Crippen molar-refractivity contribution in [2.24, 2.45) is 0 Å². The van der Waals surface area contributed by atoms with Crippen LogP contribution in [0.5, 0.6) is 5.75 Å². The van der Waals surface area contributed by atoms with Crippen molar-refractivity contribution in [3.63, 3.8) is 0 Å². The molecule has 0 radical (unpaired) electrons. The SMILES string of the molecule is Cc1nc(C)c(C(=O)Nc2ccc(F)c(-c3cn4cc(OCc5ccccn5)cnc4n3)c2)o1. The number of pyridine rings is 1. The van der Waals surface area contributed by atoms with Gasteiger partial charge in [-0.15, -0.1) is 0 Å². The van der Waals surface area contributed by atoms with E-state index in [-0.39, 0.29) is 17.9 Å². The van der Waals surface area contributed by atoms with Gasteiger partial charge in [0, 0.05) is 30.6 Å². The Morgan fingerprint density at radius 2 is 2.03 bits per heavy atom. The van der Waals surface area contributed by atoms with E-state index in [0.29, 0.717) is 34.5 Å². The van der Waals surface area contributed by atoms with E-state index in [0.717, 1.165) is 5.69 Å². The molecule has 34 heavy (non-hydrogen) atoms. The molecule has 5 rings (SSSR count). The lowest BCUT2D eigenvalue weighted by Crippen LogP contribution is -2.12. The van der Waals surface area contributed by atoms with E-state index in [9.17, 15) is 9.18 Å². The molecule has 170 valence electrons. The van der Waals surface area contributed by atoms with Crippen LogP contribution in [0.4, 0.5) is 10.1 Å². The van der Waals surface area contributed by atoms with Crippen molar-refractivity contribution in [2.75, 3.05) is 5.32 Å². The minimum atomic E-state index is -0.486. The second-order valence-corrected chi connectivity index (χ2v) is 7.53. The Balaban J connectivity index is 1.38. The third-order valence-corrected chi connectivity index (χ3v) is 5.01. The number of hydrogen-bond donors (Lipinski definition) is 1. The fourth-order valence-corrected chi connectivity index (χ4v) is 3.44. The first kappa shape index (κ1) is 21.3. The van der Waals surface area contributed by atoms with Crippen LogP contribution in [0.3, 0.4) is 0 Å². The zero-order valence-electron chi connectivity index (χ0n) is 18.3. The second-order valence-electron chi connectivity index (χ2n) is 7.53. The zero-order chi connectivity index (χ0) is 23.7. The van der Waals surface area contributed by atoms with Gasteiger partial charge in [0.25, 0.3) is 5.91 Å². The predicted octanol–water partition coefficient (Wildman–Crippen LogP) is 4.37. The Morgan fingerprint density at radius 1 is 1.15 bits per heavy atom. The summed E-state index contributed by atoms with van der Waals surface area (Å²) in [6.07, 6.45) is 6.59. The van der Waals surface area contributed by atoms with Crippen molar-refractivity contribution in [3.05, 3.63) is 90.0 Å². The second kappa shape index (κ2) is 8.74. The molecule has 0 aliphatic heterocycles. The molecule has 0 atom stereocenters. The van der Waals surface area contributed by atoms with Crippen molar-refractivity contribution in [2.45, 2.75) is 20.5 Å². The molecular weight excluding hydrogens is 439 g/mol. The van der Waals surface area contributed by atoms with Gasteiger partial charge in [-0.1, -0.05) is 6.07 Å². The van der Waals surface area contributed by atoms with E-state index in [1.54, 1.807) is 43.0 Å². The first-order chi connectivity index (χ1) is 16.5. The zero-order valence-corrected chi connectivity index (χ0v) is 18.3. The molecule has 0 spiro atoms. The number of halogens is 1. The first-order valence-electron chi connectivity index (χ1n) is 10.4. The molecule has 1 amide bonds. The Morgan fingerprint density at radius 3 is 2.79 bits per heavy atom. The van der Waals surface area contributed by atoms with Crippen LogP contribution in [-0.2, 0) is 6.61 Å². The molecule has 0 saturated carbocycles. The van der Waals surface area contributed by atoms with E-state index < -0.39 is 11.7 Å². The Labute approximate surface area is 193 Å². The highest BCUT2D eigenvalue weighted by Crippen LogP contribution is 2.27. The van der Waals surface area contributed by atoms with E-state index in [1.165, 1.54) is 18.2 Å². The predicted molar refractivity (Wildman–Crippen MR) is 121 cm³/mol. The molecular formula is C24H19FN6O3. The molecule has 0 aliphatic rings. The van der Waals surface area contributed by atoms with Gasteiger partial charge >= 0.3 is 0 Å². The van der Waals surface area contributed by atoms with Crippen LogP contribution in [0.2, 0.25) is 0 Å². The quantitative estimate of drug-likeness (QED) is 0.403. The lowest BCUT2D eigenvalue weighted by molar-refractivity contribution is 0.0994. The highest BCUT2D eigenvalue weighted by atomic mass is 19.1. The van der Waals surface area contributed by atoms with Crippen LogP contribution in [0.25, 0.3) is 17.0 Å². The smallest absolute Gasteiger partial charge is 0.293 e. The van der Waals surface area contributed by atoms with Gasteiger partial charge in [0.1, 0.15) is 12.4 Å². The summed E-state index contributed by atoms with van der Waals surface area (Å²) in [5.74, 6) is 0.436. The lowest BCUT2D eigenvalue weighted by Gasteiger charge is -2.06. The van der Waals surface area contributed by atoms with Crippen LogP contribution in [0, 0.1) is 19.7 Å². The maximum atomic E-state index is 14.7. The number of oxazole rings is 1. The standard InChI is InChI=1S/C24H19FN6O3/c1-14-22(34-15(2)28-14)23(32)29-16-6-7-20(25)19(9-16)21-12-31-11-18(10-27-24(31)30-21)33-13-17-5-3-4-8-26-17/h3-12H,13H2,1-2H3,(H,29,32). The third kappa shape index (κ3) is 4.33. The summed E-state index contributed by atoms with van der Waals surface area (Å²) in [7, 11) is 0. The van der Waals surface area contributed by atoms with Crippen molar-refractivity contribution < 1.29 is 18.3 Å². The van der Waals surface area contributed by atoms with Gasteiger partial charge in [0.05, 0.1) is 29.5 Å². The number of aromatic nitrogens is 5. The van der Waals surface area contributed by atoms with Gasteiger partial charge in [-0.2, -0.15) is 0 Å². The fourth-order valence-electron chi connectivity index (χ4n) is 3.44. The van der Waals surface area contributed by atoms with Crippen LogP contribution in [-0.4, -0.2) is 30.2 Å². The van der Waals surface area contributed by atoms with Crippen LogP contribution >= 0.6 is 0 Å². The number of nitrogens with zero attached hydrogens (tertiary/aromatic N) is 5. The molecule has 4 aromatic heterocycles. The van der Waals surface area contributed by atoms with E-state index in [1.807, 2.05) is 18.2 Å². The summed E-state index contributed by atoms with van der Waals surface area (Å²) in [6.45, 7) is 3.63. The molecule has 10 heteroatoms. The van der Waals surface area contributed by atoms with E-state index >= 15 is 0 Å². The molecule has 0 fully saturated rings. The van der Waals surface area contributed by atoms with Crippen molar-refractivity contribution in [3.8, 4) is 17.0 Å². The number of amides is 1. The number of rotatable bonds is 6. The number of benzene rings is 1. The normalized spacial score (nSPS) is 11.0. The van der Waals surface area contributed by atoms with Crippen molar-refractivity contribution >= 4 is 17.4 Å². The van der Waals surface area contributed by atoms with Crippen LogP contribution in [0.15, 0.2) is 65.6 Å². The topological polar surface area (TPSA) is 107 Å². The van der Waals surface area contributed by atoms with E-state index in [4.69, 9.17) is 9.15 Å². The summed E-state index contributed by atoms with van der Waals surface area (Å²) in [5.41, 5.74) is 2.22. The Hall–Kier alpha value is -4.60. The summed E-state index contributed by atoms with van der Waals surface area (Å²) >= 11 is 0. The molecule has 0 unspecified atom stereocenters. The summed E-state index contributed by atoms with van der Waals surface area (Å²) in [6, 6.07) is 9.82. The maximum Gasteiger partial charge on any atom is 0.293 e. The molecule has 0 saturated heterocycles. The molecule has 1 aromatic carbocycles. The van der Waals surface area contributed by atoms with Gasteiger partial charge in [-0.3, -0.25) is 14.2 Å². The number of hydrogen-bond acceptors (Lipinski definition) is 7. The van der Waals surface area contributed by atoms with Gasteiger partial charge in [-0.25, -0.2) is 19.3 Å². The number of imidazole rings is 1. The molecule has 5 aromatic rings. The molecule has 0 aliphatic carbocycles. The van der Waals surface area contributed by atoms with Crippen LogP contribution < -0.4 is 10.1 Å². The number of carbonyl (C=O) groups is 1. The molecule has 1 N–H and O–H groups in total. The number of nitrogens with one attached hydrogen (secondary N) is 1. The number of ether oxygens (including phenoxy) is 1. The van der Waals surface area contributed by atoms with Crippen molar-refractivity contribution in [1.82, 2.24) is 24.3 Å². The van der Waals surface area contributed by atoms with Gasteiger partial charge < -0.3 is 14.5 Å². The van der Waals surface area contributed by atoms with Crippen LogP contribution in [0.1, 0.15) is 27.8 Å². The highest BCUT2D eigenvalue weighted by Gasteiger charge is 2.18. The van der Waals surface area contributed by atoms with Gasteiger partial charge in [0.15, 0.2) is 11.6 Å². The minimum Gasteiger partial charge on any atom is -0.484 e. The van der Waals surface area contributed by atoms with Gasteiger partial charge in [0.2, 0.25) is 11.5 Å². The monoisotopic (exact) mass is 458 g/mol. The number of anilines is 1. The first-order valence-corrected chi connectivity index (χ1v) is 10.4. The van der Waals surface area contributed by atoms with Crippen molar-refractivity contribution in [1.29, 1.82) is 0 Å². The summed E-state index contributed by atoms with van der Waals surface area (Å²) < 4.78 is 27.4. The minimum absolute atomic E-state index is 0.110. The Kier molecular flexibility index (Phi) is 5.46. The Bertz CT molecular complexity index is 1500. The number of fused-ring (bicyclic) bond motifs is 1. The number of carbonyl (C=O) groups excluding carboxylic acids is 1. The molecule has 9 nitrogen and oxygen atoms in total. The average molecular weight is 458 g/mol. The summed E-state index contributed by atoms with van der Waals surface area (Å²) in [4.78, 5) is 29.5. The molecule has 4 heterocycles. The van der Waals surface area contributed by atoms with E-state index in [2.05, 4.69) is 25.3 Å². The number of aryl methyl sites for hydroxylation is 2. The third-order valence-electron chi connectivity index (χ3n) is 5.01. The fraction of sp³-hybridized carbons (Fsp3) is 0.125. The molecule has 0 bridgehead atoms. The summed E-state index contributed by atoms with van der Waals surface area (Å²) in [5, 5.41) is 2.71. The highest BCUT2D eigenvalue weighted by molar-refractivity contribution is 6.03. The lowest BCUT2D eigenvalue weighted by atomic mass is 10.1. The maximum absolute atomic E-state index is 14.7. The van der Waals surface area contributed by atoms with Gasteiger partial charge in [-0.05, 0) is 37.3 Å². The largest absolute Gasteiger partial charge is 0.484 e. The average Bonchev–Trinajstić information content (AvgIpc) is 3.41.